The molecule has 124 valence electrons. The standard InChI is InChI=1S/C12H17NO9/c14-9(15)5-13(1-2-20-8-10(16)17)6-11(18)21-3-4-22-12(19)7-13/h1-8H2,(H-,14,15,16,17)/p+1. The summed E-state index contributed by atoms with van der Waals surface area (Å²) in [6, 6.07) is 0. The fraction of sp³-hybridized carbons (Fsp3) is 0.667. The number of quaternary nitrogens is 1. The van der Waals surface area contributed by atoms with E-state index in [1.54, 1.807) is 0 Å². The molecule has 1 rings (SSSR count). The third kappa shape index (κ3) is 6.50. The van der Waals surface area contributed by atoms with Gasteiger partial charge in [0.15, 0.2) is 19.6 Å². The first-order valence-corrected chi connectivity index (χ1v) is 6.51. The number of nitrogens with zero attached hydrogens (tertiary/aromatic N) is 1. The summed E-state index contributed by atoms with van der Waals surface area (Å²) in [5.41, 5.74) is 0. The predicted molar refractivity (Wildman–Crippen MR) is 67.7 cm³/mol. The number of carbonyl (C=O) groups excluding carboxylic acids is 2. The van der Waals surface area contributed by atoms with Crippen LogP contribution in [-0.4, -0.2) is 91.2 Å². The summed E-state index contributed by atoms with van der Waals surface area (Å²) in [7, 11) is 0. The molecule has 22 heavy (non-hydrogen) atoms. The van der Waals surface area contributed by atoms with Crippen LogP contribution in [0.2, 0.25) is 0 Å². The number of ether oxygens (including phenoxy) is 3. The third-order valence-electron chi connectivity index (χ3n) is 2.94. The summed E-state index contributed by atoms with van der Waals surface area (Å²) in [6.45, 7) is -2.08. The minimum Gasteiger partial charge on any atom is -0.480 e. The van der Waals surface area contributed by atoms with Crippen LogP contribution >= 0.6 is 0 Å². The fourth-order valence-corrected chi connectivity index (χ4v) is 2.06. The van der Waals surface area contributed by atoms with Crippen LogP contribution in [0.25, 0.3) is 0 Å². The van der Waals surface area contributed by atoms with Gasteiger partial charge in [0.2, 0.25) is 0 Å². The number of cyclic esters (lactones) is 2. The van der Waals surface area contributed by atoms with Gasteiger partial charge < -0.3 is 24.4 Å². The van der Waals surface area contributed by atoms with E-state index in [-0.39, 0.29) is 39.5 Å². The molecule has 0 aliphatic carbocycles. The number of carboxylic acid groups (broad SMARTS) is 2. The van der Waals surface area contributed by atoms with E-state index in [2.05, 4.69) is 0 Å². The van der Waals surface area contributed by atoms with E-state index in [9.17, 15) is 19.2 Å². The third-order valence-corrected chi connectivity index (χ3v) is 2.94. The Morgan fingerprint density at radius 1 is 1.05 bits per heavy atom. The normalized spacial score (nSPS) is 18.4. The van der Waals surface area contributed by atoms with Crippen molar-refractivity contribution in [2.75, 3.05) is 52.6 Å². The van der Waals surface area contributed by atoms with Crippen LogP contribution in [-0.2, 0) is 33.4 Å². The van der Waals surface area contributed by atoms with Crippen molar-refractivity contribution < 1.29 is 48.1 Å². The molecule has 0 bridgehead atoms. The molecule has 0 unspecified atom stereocenters. The second-order valence-electron chi connectivity index (χ2n) is 4.82. The van der Waals surface area contributed by atoms with Gasteiger partial charge in [0.25, 0.3) is 0 Å². The molecule has 0 aromatic rings. The van der Waals surface area contributed by atoms with Gasteiger partial charge in [0.1, 0.15) is 26.4 Å². The number of hydrogen-bond acceptors (Lipinski definition) is 7. The van der Waals surface area contributed by atoms with Gasteiger partial charge in [-0.3, -0.25) is 4.48 Å². The van der Waals surface area contributed by atoms with E-state index < -0.39 is 41.5 Å². The molecule has 0 aromatic carbocycles. The topological polar surface area (TPSA) is 136 Å². The van der Waals surface area contributed by atoms with Crippen molar-refractivity contribution in [1.29, 1.82) is 0 Å². The molecule has 0 amide bonds. The second kappa shape index (κ2) is 8.29. The molecule has 1 fully saturated rings. The van der Waals surface area contributed by atoms with Crippen molar-refractivity contribution in [3.05, 3.63) is 0 Å². The molecule has 10 nitrogen and oxygen atoms in total. The molecular formula is C12H18NO9+. The van der Waals surface area contributed by atoms with Crippen LogP contribution in [0.1, 0.15) is 0 Å². The lowest BCUT2D eigenvalue weighted by Crippen LogP contribution is -2.58. The van der Waals surface area contributed by atoms with Gasteiger partial charge in [-0.25, -0.2) is 19.2 Å². The molecule has 1 aliphatic heterocycles. The minimum absolute atomic E-state index is 0.0379. The first-order chi connectivity index (χ1) is 10.3. The van der Waals surface area contributed by atoms with Gasteiger partial charge in [-0.15, -0.1) is 0 Å². The van der Waals surface area contributed by atoms with Crippen LogP contribution < -0.4 is 0 Å². The van der Waals surface area contributed by atoms with Crippen molar-refractivity contribution in [3.8, 4) is 0 Å². The Morgan fingerprint density at radius 3 is 2.05 bits per heavy atom. The Morgan fingerprint density at radius 2 is 1.59 bits per heavy atom. The summed E-state index contributed by atoms with van der Waals surface area (Å²) in [5, 5.41) is 17.5. The van der Waals surface area contributed by atoms with Crippen LogP contribution in [0.3, 0.4) is 0 Å². The fourth-order valence-electron chi connectivity index (χ4n) is 2.06. The maximum atomic E-state index is 11.7. The number of esters is 2. The zero-order chi connectivity index (χ0) is 16.6. The van der Waals surface area contributed by atoms with E-state index in [1.807, 2.05) is 0 Å². The number of hydrogen-bond donors (Lipinski definition) is 2. The lowest BCUT2D eigenvalue weighted by molar-refractivity contribution is -0.907. The first kappa shape index (κ1) is 17.9. The number of aliphatic carboxylic acids is 2. The maximum Gasteiger partial charge on any atom is 0.361 e. The Bertz CT molecular complexity index is 428. The van der Waals surface area contributed by atoms with Gasteiger partial charge in [-0.1, -0.05) is 0 Å². The van der Waals surface area contributed by atoms with E-state index >= 15 is 0 Å². The van der Waals surface area contributed by atoms with Gasteiger partial charge in [0, 0.05) is 0 Å². The highest BCUT2D eigenvalue weighted by atomic mass is 16.6. The molecule has 0 spiro atoms. The maximum absolute atomic E-state index is 11.7. The largest absolute Gasteiger partial charge is 0.480 e. The average molecular weight is 320 g/mol. The molecule has 1 aliphatic rings. The highest BCUT2D eigenvalue weighted by molar-refractivity contribution is 5.75. The second-order valence-corrected chi connectivity index (χ2v) is 4.82. The van der Waals surface area contributed by atoms with Gasteiger partial charge in [0.05, 0.1) is 6.61 Å². The van der Waals surface area contributed by atoms with Crippen molar-refractivity contribution in [1.82, 2.24) is 0 Å². The quantitative estimate of drug-likeness (QED) is 0.313. The van der Waals surface area contributed by atoms with E-state index in [0.717, 1.165) is 0 Å². The molecule has 1 heterocycles. The van der Waals surface area contributed by atoms with E-state index in [1.165, 1.54) is 0 Å². The van der Waals surface area contributed by atoms with Crippen molar-refractivity contribution >= 4 is 23.9 Å². The van der Waals surface area contributed by atoms with Crippen LogP contribution in [0.5, 0.6) is 0 Å². The summed E-state index contributed by atoms with van der Waals surface area (Å²) < 4.78 is 14.1. The van der Waals surface area contributed by atoms with Crippen LogP contribution in [0.4, 0.5) is 0 Å². The summed E-state index contributed by atoms with van der Waals surface area (Å²) >= 11 is 0. The number of carbonyl (C=O) groups is 4. The SMILES string of the molecule is O=C(O)COCC[N+]1(CC(=O)O)CC(=O)OCCOC(=O)C1. The predicted octanol–water partition coefficient (Wildman–Crippen LogP) is -1.91. The van der Waals surface area contributed by atoms with Gasteiger partial charge in [-0.05, 0) is 0 Å². The van der Waals surface area contributed by atoms with Crippen molar-refractivity contribution in [2.45, 2.75) is 0 Å². The molecule has 10 heteroatoms. The summed E-state index contributed by atoms with van der Waals surface area (Å²) in [5.74, 6) is -3.69. The molecule has 2 N–H and O–H groups in total. The molecule has 0 saturated carbocycles. The van der Waals surface area contributed by atoms with Gasteiger partial charge in [-0.2, -0.15) is 0 Å². The number of rotatable bonds is 7. The van der Waals surface area contributed by atoms with E-state index in [4.69, 9.17) is 24.4 Å². The Labute approximate surface area is 125 Å². The smallest absolute Gasteiger partial charge is 0.361 e. The van der Waals surface area contributed by atoms with E-state index in [0.29, 0.717) is 0 Å². The first-order valence-electron chi connectivity index (χ1n) is 6.51. The van der Waals surface area contributed by atoms with Crippen LogP contribution in [0.15, 0.2) is 0 Å². The summed E-state index contributed by atoms with van der Waals surface area (Å²) in [6.07, 6.45) is 0. The Kier molecular flexibility index (Phi) is 6.73. The number of carboxylic acids is 2. The summed E-state index contributed by atoms with van der Waals surface area (Å²) in [4.78, 5) is 44.8. The monoisotopic (exact) mass is 320 g/mol. The molecule has 1 saturated heterocycles. The molecule has 0 radical (unpaired) electrons. The zero-order valence-corrected chi connectivity index (χ0v) is 11.9. The lowest BCUT2D eigenvalue weighted by Gasteiger charge is -2.34. The highest BCUT2D eigenvalue weighted by Gasteiger charge is 2.37. The van der Waals surface area contributed by atoms with Crippen molar-refractivity contribution in [2.24, 2.45) is 0 Å². The molecular weight excluding hydrogens is 302 g/mol. The molecule has 0 atom stereocenters. The highest BCUT2D eigenvalue weighted by Crippen LogP contribution is 2.10. The minimum atomic E-state index is -1.21. The van der Waals surface area contributed by atoms with Gasteiger partial charge >= 0.3 is 23.9 Å². The Balaban J connectivity index is 2.82. The molecule has 0 aromatic heterocycles. The Hall–Kier alpha value is -2.20. The lowest BCUT2D eigenvalue weighted by atomic mass is 10.3. The van der Waals surface area contributed by atoms with Crippen LogP contribution in [0, 0.1) is 0 Å². The zero-order valence-electron chi connectivity index (χ0n) is 11.9. The average Bonchev–Trinajstić information content (AvgIpc) is 2.44. The van der Waals surface area contributed by atoms with Crippen molar-refractivity contribution in [3.63, 3.8) is 0 Å².